The zero-order valence-corrected chi connectivity index (χ0v) is 39.4. The highest BCUT2D eigenvalue weighted by Crippen LogP contribution is 2.49. The molecule has 2 aliphatic heterocycles. The van der Waals surface area contributed by atoms with Gasteiger partial charge in [-0.05, 0) is 110 Å². The zero-order chi connectivity index (χ0) is 47.4. The van der Waals surface area contributed by atoms with Crippen LogP contribution in [0.3, 0.4) is 0 Å². The molecule has 3 aromatic carbocycles. The second kappa shape index (κ2) is 19.6. The van der Waals surface area contributed by atoms with Crippen molar-refractivity contribution >= 4 is 37.6 Å². The van der Waals surface area contributed by atoms with Crippen LogP contribution >= 0.6 is 0 Å². The van der Waals surface area contributed by atoms with Crippen LogP contribution in [0.1, 0.15) is 96.6 Å². The van der Waals surface area contributed by atoms with Crippen molar-refractivity contribution < 1.29 is 50.5 Å². The highest BCUT2D eigenvalue weighted by Gasteiger charge is 2.43. The van der Waals surface area contributed by atoms with Gasteiger partial charge in [0.25, 0.3) is 20.2 Å². The Kier molecular flexibility index (Phi) is 14.3. The van der Waals surface area contributed by atoms with E-state index in [-0.39, 0.29) is 40.3 Å². The first-order valence-corrected chi connectivity index (χ1v) is 25.4. The number of fused-ring (bicyclic) bond motifs is 2. The lowest BCUT2D eigenvalue weighted by atomic mass is 9.80. The number of ether oxygens (including phenoxy) is 1. The van der Waals surface area contributed by atoms with E-state index in [1.54, 1.807) is 0 Å². The molecule has 7 rings (SSSR count). The van der Waals surface area contributed by atoms with Crippen molar-refractivity contribution in [3.05, 3.63) is 143 Å². The number of unbranched alkanes of at least 4 members (excludes halogenated alkanes) is 3. The van der Waals surface area contributed by atoms with Crippen molar-refractivity contribution in [2.45, 2.75) is 107 Å². The van der Waals surface area contributed by atoms with Crippen LogP contribution in [0.5, 0.6) is 17.5 Å². The summed E-state index contributed by atoms with van der Waals surface area (Å²) < 4.78 is 73.3. The molecule has 0 saturated carbocycles. The SMILES string of the molecule is CC1(C)C(=CC=C2CCCC(C=CC3N(CCCCCC(=O)On4c(O)ccc4O)c4ccccc4C3(C)C)=C2Oc2ccc(S(=O)(=O)O)cc2)N(CCCCS(=O)(=O)O)c2ccccc21. The lowest BCUT2D eigenvalue weighted by Gasteiger charge is -2.33. The van der Waals surface area contributed by atoms with Crippen LogP contribution in [-0.4, -0.2) is 71.7 Å². The molecule has 1 atom stereocenters. The van der Waals surface area contributed by atoms with Gasteiger partial charge >= 0.3 is 5.97 Å². The van der Waals surface area contributed by atoms with Gasteiger partial charge in [0, 0.05) is 59.5 Å². The first-order chi connectivity index (χ1) is 31.3. The van der Waals surface area contributed by atoms with Gasteiger partial charge in [-0.25, -0.2) is 4.79 Å². The molecule has 14 nitrogen and oxygen atoms in total. The standard InChI is InChI=1S/C50H59N3O11S2/c1-49(2)39-17-7-9-19-41(39)51(32-11-5-6-21-47(56)64-53-45(54)30-31-46(53)55)43(49)28-22-35-15-14-16-36(48(35)63-37-24-26-38(27-25-37)66(60,61)62)23-29-44-50(3,4)40-18-8-10-20-42(40)52(44)33-12-13-34-65(57,58)59/h7-10,17-20,22-31,43,54-55H,5-6,11-16,21,32-34H2,1-4H3,(H,57,58,59)(H,60,61,62). The van der Waals surface area contributed by atoms with Crippen molar-refractivity contribution in [3.63, 3.8) is 0 Å². The van der Waals surface area contributed by atoms with Gasteiger partial charge < -0.3 is 29.6 Å². The minimum atomic E-state index is -4.42. The van der Waals surface area contributed by atoms with Crippen LogP contribution in [0.4, 0.5) is 11.4 Å². The van der Waals surface area contributed by atoms with E-state index in [9.17, 15) is 40.9 Å². The largest absolute Gasteiger partial charge is 0.492 e. The fourth-order valence-electron chi connectivity index (χ4n) is 9.42. The maximum absolute atomic E-state index is 12.5. The maximum Gasteiger partial charge on any atom is 0.333 e. The average molecular weight is 942 g/mol. The third-order valence-electron chi connectivity index (χ3n) is 12.8. The van der Waals surface area contributed by atoms with Crippen LogP contribution in [0, 0.1) is 0 Å². The van der Waals surface area contributed by atoms with E-state index in [2.05, 4.69) is 92.1 Å². The van der Waals surface area contributed by atoms with Crippen LogP contribution in [-0.2, 0) is 35.9 Å². The number of anilines is 2. The van der Waals surface area contributed by atoms with Gasteiger partial charge in [0.1, 0.15) is 11.5 Å². The van der Waals surface area contributed by atoms with E-state index in [1.165, 1.54) is 42.0 Å². The summed E-state index contributed by atoms with van der Waals surface area (Å²) >= 11 is 0. The van der Waals surface area contributed by atoms with E-state index >= 15 is 0 Å². The molecule has 1 aliphatic carbocycles. The van der Waals surface area contributed by atoms with Gasteiger partial charge in [-0.15, -0.1) is 4.73 Å². The van der Waals surface area contributed by atoms with Gasteiger partial charge in [0.05, 0.1) is 16.7 Å². The summed E-state index contributed by atoms with van der Waals surface area (Å²) in [5.41, 5.74) is 6.80. The summed E-state index contributed by atoms with van der Waals surface area (Å²) in [4.78, 5) is 22.0. The fourth-order valence-corrected chi connectivity index (χ4v) is 10.5. The van der Waals surface area contributed by atoms with Crippen LogP contribution in [0.2, 0.25) is 0 Å². The molecule has 0 radical (unpaired) electrons. The highest BCUT2D eigenvalue weighted by molar-refractivity contribution is 7.86. The van der Waals surface area contributed by atoms with E-state index in [4.69, 9.17) is 9.57 Å². The molecule has 3 aliphatic rings. The summed E-state index contributed by atoms with van der Waals surface area (Å²) in [6.45, 7) is 10.1. The van der Waals surface area contributed by atoms with Gasteiger partial charge in [0.2, 0.25) is 11.8 Å². The predicted octanol–water partition coefficient (Wildman–Crippen LogP) is 9.18. The van der Waals surface area contributed by atoms with Crippen LogP contribution in [0.15, 0.2) is 137 Å². The highest BCUT2D eigenvalue weighted by atomic mass is 32.2. The summed E-state index contributed by atoms with van der Waals surface area (Å²) in [6.07, 6.45) is 13.9. The fraction of sp³-hybridized carbons (Fsp3) is 0.380. The molecule has 16 heteroatoms. The zero-order valence-electron chi connectivity index (χ0n) is 37.8. The maximum atomic E-state index is 12.5. The average Bonchev–Trinajstić information content (AvgIpc) is 3.78. The molecular weight excluding hydrogens is 883 g/mol. The summed E-state index contributed by atoms with van der Waals surface area (Å²) in [5.74, 6) is -0.555. The molecular formula is C50H59N3O11S2. The minimum Gasteiger partial charge on any atom is -0.492 e. The Hall–Kier alpha value is -5.81. The molecule has 66 heavy (non-hydrogen) atoms. The molecule has 0 amide bonds. The molecule has 3 heterocycles. The predicted molar refractivity (Wildman–Crippen MR) is 254 cm³/mol. The van der Waals surface area contributed by atoms with Gasteiger partial charge in [-0.1, -0.05) is 88.7 Å². The normalized spacial score (nSPS) is 19.2. The van der Waals surface area contributed by atoms with Gasteiger partial charge in [0.15, 0.2) is 0 Å². The monoisotopic (exact) mass is 941 g/mol. The number of hydrogen-bond donors (Lipinski definition) is 4. The van der Waals surface area contributed by atoms with E-state index in [0.717, 1.165) is 59.6 Å². The van der Waals surface area contributed by atoms with Gasteiger partial charge in [-0.3, -0.25) is 9.11 Å². The van der Waals surface area contributed by atoms with Crippen molar-refractivity contribution in [2.24, 2.45) is 0 Å². The summed E-state index contributed by atoms with van der Waals surface area (Å²) in [5, 5.41) is 19.7. The molecule has 0 fully saturated rings. The lowest BCUT2D eigenvalue weighted by Crippen LogP contribution is -2.40. The Morgan fingerprint density at radius 1 is 0.758 bits per heavy atom. The molecule has 0 spiro atoms. The number of aromatic nitrogens is 1. The second-order valence-corrected chi connectivity index (χ2v) is 21.1. The van der Waals surface area contributed by atoms with Gasteiger partial charge in [-0.2, -0.15) is 16.8 Å². The smallest absolute Gasteiger partial charge is 0.333 e. The van der Waals surface area contributed by atoms with E-state index < -0.39 is 31.6 Å². The number of nitrogens with zero attached hydrogens (tertiary/aromatic N) is 3. The second-order valence-electron chi connectivity index (χ2n) is 18.1. The van der Waals surface area contributed by atoms with Crippen LogP contribution in [0.25, 0.3) is 0 Å². The molecule has 0 bridgehead atoms. The van der Waals surface area contributed by atoms with Crippen molar-refractivity contribution in [1.82, 2.24) is 4.73 Å². The number of hydrogen-bond acceptors (Lipinski definition) is 11. The first-order valence-electron chi connectivity index (χ1n) is 22.3. The van der Waals surface area contributed by atoms with Crippen molar-refractivity contribution in [1.29, 1.82) is 0 Å². The third-order valence-corrected chi connectivity index (χ3v) is 14.5. The topological polar surface area (TPSA) is 196 Å². The number of benzene rings is 3. The summed E-state index contributed by atoms with van der Waals surface area (Å²) in [7, 11) is -8.50. The number of carbonyl (C=O) groups excluding carboxylic acids is 1. The molecule has 0 saturated heterocycles. The first kappa shape index (κ1) is 48.1. The Bertz CT molecular complexity index is 2770. The third kappa shape index (κ3) is 10.7. The quantitative estimate of drug-likeness (QED) is 0.0545. The number of allylic oxidation sites excluding steroid dienone is 6. The van der Waals surface area contributed by atoms with Crippen molar-refractivity contribution in [2.75, 3.05) is 28.6 Å². The Labute approximate surface area is 387 Å². The van der Waals surface area contributed by atoms with Crippen molar-refractivity contribution in [3.8, 4) is 17.5 Å². The van der Waals surface area contributed by atoms with Crippen LogP contribution < -0.4 is 19.4 Å². The Morgan fingerprint density at radius 2 is 1.41 bits per heavy atom. The Balaban J connectivity index is 1.19. The summed E-state index contributed by atoms with van der Waals surface area (Å²) in [6, 6.07) is 24.7. The Morgan fingerprint density at radius 3 is 2.09 bits per heavy atom. The number of aromatic hydroxyl groups is 2. The molecule has 4 aromatic rings. The molecule has 1 unspecified atom stereocenters. The molecule has 4 N–H and O–H groups in total. The van der Waals surface area contributed by atoms with E-state index in [1.807, 2.05) is 18.2 Å². The number of carbonyl (C=O) groups is 1. The van der Waals surface area contributed by atoms with E-state index in [0.29, 0.717) is 54.9 Å². The molecule has 1 aromatic heterocycles. The molecule has 352 valence electrons. The lowest BCUT2D eigenvalue weighted by molar-refractivity contribution is -0.145. The number of para-hydroxylation sites is 2. The minimum absolute atomic E-state index is 0.0500. The number of rotatable bonds is 18.